The standard InChI is InChI=1S/C22H21ClFN3O4S/c23-19-7-8-20(22-18(19)2-1-11-25-22)31-14-21(28)27-12-9-16(10-13-27)26-32(29,30)17-5-3-15(24)4-6-17/h1-8,11,16,26H,9-10,12-14H2. The zero-order chi connectivity index (χ0) is 22.7. The Kier molecular flexibility index (Phi) is 6.59. The summed E-state index contributed by atoms with van der Waals surface area (Å²) in [5.74, 6) is -0.218. The van der Waals surface area contributed by atoms with Crippen molar-refractivity contribution >= 4 is 38.4 Å². The molecule has 1 fully saturated rings. The summed E-state index contributed by atoms with van der Waals surface area (Å²) in [4.78, 5) is 18.5. The molecule has 10 heteroatoms. The fourth-order valence-electron chi connectivity index (χ4n) is 3.61. The van der Waals surface area contributed by atoms with Gasteiger partial charge in [-0.3, -0.25) is 9.78 Å². The maximum absolute atomic E-state index is 13.0. The number of pyridine rings is 1. The molecule has 3 aromatic rings. The third-order valence-electron chi connectivity index (χ3n) is 5.32. The second-order valence-electron chi connectivity index (χ2n) is 7.46. The molecule has 0 unspecified atom stereocenters. The zero-order valence-electron chi connectivity index (χ0n) is 17.0. The molecule has 1 saturated heterocycles. The van der Waals surface area contributed by atoms with Gasteiger partial charge in [0.1, 0.15) is 17.1 Å². The van der Waals surface area contributed by atoms with E-state index in [1.54, 1.807) is 29.3 Å². The fourth-order valence-corrected chi connectivity index (χ4v) is 5.13. The molecule has 0 radical (unpaired) electrons. The molecule has 2 heterocycles. The first kappa shape index (κ1) is 22.4. The maximum atomic E-state index is 13.0. The van der Waals surface area contributed by atoms with Gasteiger partial charge in [-0.1, -0.05) is 11.6 Å². The molecular formula is C22H21ClFN3O4S. The molecule has 1 aliphatic heterocycles. The number of nitrogens with one attached hydrogen (secondary N) is 1. The van der Waals surface area contributed by atoms with E-state index >= 15 is 0 Å². The molecule has 1 aliphatic rings. The number of nitrogens with zero attached hydrogens (tertiary/aromatic N) is 2. The molecule has 1 N–H and O–H groups in total. The molecule has 0 saturated carbocycles. The van der Waals surface area contributed by atoms with Crippen LogP contribution in [-0.4, -0.2) is 49.9 Å². The number of piperidine rings is 1. The molecule has 0 bridgehead atoms. The summed E-state index contributed by atoms with van der Waals surface area (Å²) in [6.07, 6.45) is 2.57. The number of likely N-dealkylation sites (tertiary alicyclic amines) is 1. The summed E-state index contributed by atoms with van der Waals surface area (Å²) in [6, 6.07) is 11.3. The maximum Gasteiger partial charge on any atom is 0.260 e. The van der Waals surface area contributed by atoms with Crippen molar-refractivity contribution in [3.8, 4) is 5.75 Å². The quantitative estimate of drug-likeness (QED) is 0.588. The summed E-state index contributed by atoms with van der Waals surface area (Å²) >= 11 is 6.18. The summed E-state index contributed by atoms with van der Waals surface area (Å²) in [7, 11) is -3.75. The fraction of sp³-hybridized carbons (Fsp3) is 0.273. The van der Waals surface area contributed by atoms with Crippen molar-refractivity contribution in [2.24, 2.45) is 0 Å². The van der Waals surface area contributed by atoms with Crippen LogP contribution in [0.3, 0.4) is 0 Å². The molecule has 1 amide bonds. The van der Waals surface area contributed by atoms with Gasteiger partial charge in [0.05, 0.1) is 9.92 Å². The first-order chi connectivity index (χ1) is 15.3. The third kappa shape index (κ3) is 5.01. The van der Waals surface area contributed by atoms with Gasteiger partial charge < -0.3 is 9.64 Å². The van der Waals surface area contributed by atoms with Gasteiger partial charge in [-0.2, -0.15) is 0 Å². The first-order valence-corrected chi connectivity index (χ1v) is 11.9. The molecular weight excluding hydrogens is 457 g/mol. The highest BCUT2D eigenvalue weighted by atomic mass is 35.5. The average Bonchev–Trinajstić information content (AvgIpc) is 2.79. The summed E-state index contributed by atoms with van der Waals surface area (Å²) in [5.41, 5.74) is 0.585. The number of carbonyl (C=O) groups excluding carboxylic acids is 1. The highest BCUT2D eigenvalue weighted by Crippen LogP contribution is 2.29. The van der Waals surface area contributed by atoms with Gasteiger partial charge in [0.2, 0.25) is 10.0 Å². The Labute approximate surface area is 190 Å². The number of rotatable bonds is 6. The smallest absolute Gasteiger partial charge is 0.260 e. The van der Waals surface area contributed by atoms with Crippen molar-refractivity contribution in [2.45, 2.75) is 23.8 Å². The highest BCUT2D eigenvalue weighted by Gasteiger charge is 2.27. The lowest BCUT2D eigenvalue weighted by atomic mass is 10.1. The van der Waals surface area contributed by atoms with Crippen LogP contribution in [0, 0.1) is 5.82 Å². The molecule has 0 atom stereocenters. The van der Waals surface area contributed by atoms with E-state index in [1.807, 2.05) is 6.07 Å². The molecule has 4 rings (SSSR count). The van der Waals surface area contributed by atoms with E-state index in [-0.39, 0.29) is 23.5 Å². The topological polar surface area (TPSA) is 88.6 Å². The van der Waals surface area contributed by atoms with Crippen molar-refractivity contribution in [2.75, 3.05) is 19.7 Å². The largest absolute Gasteiger partial charge is 0.481 e. The lowest BCUT2D eigenvalue weighted by Gasteiger charge is -2.32. The van der Waals surface area contributed by atoms with Crippen LogP contribution in [0.25, 0.3) is 10.9 Å². The van der Waals surface area contributed by atoms with E-state index in [4.69, 9.17) is 16.3 Å². The van der Waals surface area contributed by atoms with Crippen molar-refractivity contribution < 1.29 is 22.3 Å². The lowest BCUT2D eigenvalue weighted by molar-refractivity contribution is -0.134. The minimum atomic E-state index is -3.75. The Morgan fingerprint density at radius 2 is 1.88 bits per heavy atom. The summed E-state index contributed by atoms with van der Waals surface area (Å²) in [6.45, 7) is 0.649. The summed E-state index contributed by atoms with van der Waals surface area (Å²) in [5, 5.41) is 1.30. The normalized spacial score (nSPS) is 15.1. The Balaban J connectivity index is 1.31. The van der Waals surface area contributed by atoms with Crippen LogP contribution in [0.15, 0.2) is 59.6 Å². The molecule has 32 heavy (non-hydrogen) atoms. The molecule has 0 spiro atoms. The van der Waals surface area contributed by atoms with Crippen molar-refractivity contribution in [3.63, 3.8) is 0 Å². The number of carbonyl (C=O) groups is 1. The van der Waals surface area contributed by atoms with Crippen LogP contribution >= 0.6 is 11.6 Å². The van der Waals surface area contributed by atoms with Crippen LogP contribution in [0.4, 0.5) is 4.39 Å². The van der Waals surface area contributed by atoms with E-state index in [9.17, 15) is 17.6 Å². The molecule has 2 aromatic carbocycles. The zero-order valence-corrected chi connectivity index (χ0v) is 18.6. The number of hydrogen-bond acceptors (Lipinski definition) is 5. The molecule has 7 nitrogen and oxygen atoms in total. The van der Waals surface area contributed by atoms with Gasteiger partial charge in [0.25, 0.3) is 5.91 Å². The Morgan fingerprint density at radius 1 is 1.16 bits per heavy atom. The number of halogens is 2. The van der Waals surface area contributed by atoms with E-state index in [1.165, 1.54) is 12.1 Å². The molecule has 0 aliphatic carbocycles. The number of aromatic nitrogens is 1. The molecule has 1 aromatic heterocycles. The third-order valence-corrected chi connectivity index (χ3v) is 7.19. The first-order valence-electron chi connectivity index (χ1n) is 10.1. The Hall–Kier alpha value is -2.75. The monoisotopic (exact) mass is 477 g/mol. The minimum Gasteiger partial charge on any atom is -0.481 e. The summed E-state index contributed by atoms with van der Waals surface area (Å²) < 4.78 is 46.3. The van der Waals surface area contributed by atoms with Gasteiger partial charge in [-0.15, -0.1) is 0 Å². The van der Waals surface area contributed by atoms with Gasteiger partial charge >= 0.3 is 0 Å². The van der Waals surface area contributed by atoms with Crippen LogP contribution in [0.5, 0.6) is 5.75 Å². The van der Waals surface area contributed by atoms with Gasteiger partial charge in [-0.05, 0) is 61.4 Å². The predicted molar refractivity (Wildman–Crippen MR) is 119 cm³/mol. The predicted octanol–water partition coefficient (Wildman–Crippen LogP) is 3.38. The van der Waals surface area contributed by atoms with Crippen LogP contribution in [0.2, 0.25) is 5.02 Å². The molecule has 168 valence electrons. The highest BCUT2D eigenvalue weighted by molar-refractivity contribution is 7.89. The van der Waals surface area contributed by atoms with Crippen LogP contribution in [0.1, 0.15) is 12.8 Å². The number of amides is 1. The number of sulfonamides is 1. The lowest BCUT2D eigenvalue weighted by Crippen LogP contribution is -2.47. The van der Waals surface area contributed by atoms with Gasteiger partial charge in [-0.25, -0.2) is 17.5 Å². The minimum absolute atomic E-state index is 0.00889. The average molecular weight is 478 g/mol. The number of ether oxygens (including phenoxy) is 1. The SMILES string of the molecule is O=C(COc1ccc(Cl)c2cccnc12)N1CCC(NS(=O)(=O)c2ccc(F)cc2)CC1. The van der Waals surface area contributed by atoms with Gasteiger partial charge in [0.15, 0.2) is 6.61 Å². The number of hydrogen-bond donors (Lipinski definition) is 1. The van der Waals surface area contributed by atoms with Crippen molar-refractivity contribution in [3.05, 3.63) is 65.6 Å². The Morgan fingerprint density at radius 3 is 2.59 bits per heavy atom. The number of benzene rings is 2. The second kappa shape index (κ2) is 9.40. The second-order valence-corrected chi connectivity index (χ2v) is 9.59. The van der Waals surface area contributed by atoms with Crippen molar-refractivity contribution in [1.82, 2.24) is 14.6 Å². The van der Waals surface area contributed by atoms with Crippen molar-refractivity contribution in [1.29, 1.82) is 0 Å². The number of fused-ring (bicyclic) bond motifs is 1. The van der Waals surface area contributed by atoms with Crippen LogP contribution in [-0.2, 0) is 14.8 Å². The van der Waals surface area contributed by atoms with E-state index in [0.717, 1.165) is 17.5 Å². The van der Waals surface area contributed by atoms with Gasteiger partial charge in [0, 0.05) is 30.7 Å². The van der Waals surface area contributed by atoms with E-state index in [0.29, 0.717) is 42.2 Å². The Bertz CT molecular complexity index is 1230. The van der Waals surface area contributed by atoms with Crippen LogP contribution < -0.4 is 9.46 Å². The van der Waals surface area contributed by atoms with E-state index in [2.05, 4.69) is 9.71 Å². The van der Waals surface area contributed by atoms with E-state index < -0.39 is 15.8 Å².